The van der Waals surface area contributed by atoms with Crippen molar-refractivity contribution in [1.82, 2.24) is 4.98 Å². The number of hydrogen-bond acceptors (Lipinski definition) is 4. The van der Waals surface area contributed by atoms with Gasteiger partial charge in [-0.05, 0) is 30.9 Å². The van der Waals surface area contributed by atoms with E-state index in [9.17, 15) is 0 Å². The highest BCUT2D eigenvalue weighted by atomic mass is 32.1. The molecule has 2 aromatic rings. The van der Waals surface area contributed by atoms with Gasteiger partial charge in [-0.15, -0.1) is 11.3 Å². The summed E-state index contributed by atoms with van der Waals surface area (Å²) in [5, 5.41) is 0.790. The molecular formula is C17H25NOS2. The van der Waals surface area contributed by atoms with Gasteiger partial charge < -0.3 is 4.74 Å². The number of aryl methyl sites for hydroxylation is 1. The van der Waals surface area contributed by atoms with Gasteiger partial charge in [-0.1, -0.05) is 46.0 Å². The monoisotopic (exact) mass is 323 g/mol. The Hall–Kier alpha value is -0.870. The summed E-state index contributed by atoms with van der Waals surface area (Å²) in [5.41, 5.74) is 0.302. The third-order valence-corrected chi connectivity index (χ3v) is 6.29. The lowest BCUT2D eigenvalue weighted by Crippen LogP contribution is -2.19. The Morgan fingerprint density at radius 1 is 1.05 bits per heavy atom. The molecule has 0 aliphatic heterocycles. The Morgan fingerprint density at radius 2 is 1.76 bits per heavy atom. The summed E-state index contributed by atoms with van der Waals surface area (Å²) < 4.78 is 5.86. The smallest absolute Gasteiger partial charge is 0.273 e. The highest BCUT2D eigenvalue weighted by Gasteiger charge is 2.23. The van der Waals surface area contributed by atoms with E-state index in [0.29, 0.717) is 6.61 Å². The molecule has 2 heterocycles. The van der Waals surface area contributed by atoms with Gasteiger partial charge in [0.15, 0.2) is 0 Å². The summed E-state index contributed by atoms with van der Waals surface area (Å²) in [6.07, 6.45) is 2.94. The van der Waals surface area contributed by atoms with Crippen molar-refractivity contribution in [2.45, 2.75) is 58.8 Å². The number of thiophene rings is 1. The van der Waals surface area contributed by atoms with E-state index in [2.05, 4.69) is 58.7 Å². The van der Waals surface area contributed by atoms with Gasteiger partial charge in [0.2, 0.25) is 0 Å². The summed E-state index contributed by atoms with van der Waals surface area (Å²) in [6, 6.07) is 4.43. The normalized spacial score (nSPS) is 12.7. The second kappa shape index (κ2) is 6.09. The summed E-state index contributed by atoms with van der Waals surface area (Å²) in [7, 11) is 0. The lowest BCUT2D eigenvalue weighted by atomic mass is 9.88. The average molecular weight is 324 g/mol. The van der Waals surface area contributed by atoms with Gasteiger partial charge in [0, 0.05) is 26.2 Å². The van der Waals surface area contributed by atoms with Crippen molar-refractivity contribution in [3.05, 3.63) is 33.0 Å². The Bertz CT molecular complexity index is 590. The van der Waals surface area contributed by atoms with Gasteiger partial charge in [0.05, 0.1) is 6.61 Å². The standard InChI is InChI=1S/C17H25NOS2/c1-12-7-8-13(20-12)17(5,6)9-10-19-15-18-11-14(21-15)16(2,3)4/h7-8,11H,9-10H2,1-6H3. The molecule has 4 heteroatoms. The van der Waals surface area contributed by atoms with Crippen molar-refractivity contribution in [2.24, 2.45) is 0 Å². The van der Waals surface area contributed by atoms with E-state index in [1.54, 1.807) is 11.3 Å². The van der Waals surface area contributed by atoms with Crippen LogP contribution in [0.15, 0.2) is 18.3 Å². The number of hydrogen-bond donors (Lipinski definition) is 0. The van der Waals surface area contributed by atoms with Gasteiger partial charge in [-0.3, -0.25) is 0 Å². The molecule has 0 radical (unpaired) electrons. The molecule has 2 aromatic heterocycles. The molecule has 0 fully saturated rings. The molecule has 0 bridgehead atoms. The fraction of sp³-hybridized carbons (Fsp3) is 0.588. The molecule has 0 N–H and O–H groups in total. The maximum absolute atomic E-state index is 5.86. The van der Waals surface area contributed by atoms with Crippen molar-refractivity contribution in [3.8, 4) is 5.19 Å². The predicted molar refractivity (Wildman–Crippen MR) is 93.0 cm³/mol. The number of aromatic nitrogens is 1. The average Bonchev–Trinajstić information content (AvgIpc) is 2.97. The molecule has 0 aromatic carbocycles. The summed E-state index contributed by atoms with van der Waals surface area (Å²) in [6.45, 7) is 14.0. The van der Waals surface area contributed by atoms with Crippen LogP contribution in [-0.4, -0.2) is 11.6 Å². The Kier molecular flexibility index (Phi) is 4.79. The molecule has 0 aliphatic carbocycles. The molecule has 0 saturated carbocycles. The van der Waals surface area contributed by atoms with Gasteiger partial charge in [-0.2, -0.15) is 0 Å². The van der Waals surface area contributed by atoms with Crippen molar-refractivity contribution in [2.75, 3.05) is 6.61 Å². The van der Waals surface area contributed by atoms with Crippen LogP contribution >= 0.6 is 22.7 Å². The van der Waals surface area contributed by atoms with E-state index < -0.39 is 0 Å². The van der Waals surface area contributed by atoms with Crippen LogP contribution in [0.5, 0.6) is 5.19 Å². The molecule has 0 unspecified atom stereocenters. The largest absolute Gasteiger partial charge is 0.470 e. The molecule has 0 aliphatic rings. The van der Waals surface area contributed by atoms with Crippen molar-refractivity contribution in [3.63, 3.8) is 0 Å². The molecule has 0 amide bonds. The van der Waals surface area contributed by atoms with Gasteiger partial charge >= 0.3 is 0 Å². The van der Waals surface area contributed by atoms with Crippen LogP contribution in [0.2, 0.25) is 0 Å². The van der Waals surface area contributed by atoms with Crippen LogP contribution in [0, 0.1) is 6.92 Å². The fourth-order valence-corrected chi connectivity index (χ4v) is 3.83. The Morgan fingerprint density at radius 3 is 2.29 bits per heavy atom. The topological polar surface area (TPSA) is 22.1 Å². The summed E-state index contributed by atoms with van der Waals surface area (Å²) >= 11 is 3.54. The van der Waals surface area contributed by atoms with Crippen LogP contribution in [0.4, 0.5) is 0 Å². The zero-order valence-electron chi connectivity index (χ0n) is 13.8. The van der Waals surface area contributed by atoms with Gasteiger partial charge in [0.1, 0.15) is 0 Å². The first-order valence-electron chi connectivity index (χ1n) is 7.34. The van der Waals surface area contributed by atoms with Gasteiger partial charge in [-0.25, -0.2) is 4.98 Å². The van der Waals surface area contributed by atoms with Crippen LogP contribution in [0.25, 0.3) is 0 Å². The molecule has 2 nitrogen and oxygen atoms in total. The fourth-order valence-electron chi connectivity index (χ4n) is 1.99. The maximum Gasteiger partial charge on any atom is 0.273 e. The lowest BCUT2D eigenvalue weighted by Gasteiger charge is -2.22. The molecule has 0 saturated heterocycles. The minimum Gasteiger partial charge on any atom is -0.470 e. The second-order valence-electron chi connectivity index (χ2n) is 7.13. The minimum atomic E-state index is 0.146. The lowest BCUT2D eigenvalue weighted by molar-refractivity contribution is 0.273. The quantitative estimate of drug-likeness (QED) is 0.719. The van der Waals surface area contributed by atoms with E-state index in [-0.39, 0.29) is 10.8 Å². The molecule has 0 atom stereocenters. The zero-order valence-corrected chi connectivity index (χ0v) is 15.5. The molecule has 2 rings (SSSR count). The van der Waals surface area contributed by atoms with Crippen molar-refractivity contribution >= 4 is 22.7 Å². The van der Waals surface area contributed by atoms with E-state index in [1.165, 1.54) is 14.6 Å². The van der Waals surface area contributed by atoms with Crippen molar-refractivity contribution in [1.29, 1.82) is 0 Å². The number of nitrogens with zero attached hydrogens (tertiary/aromatic N) is 1. The molecule has 21 heavy (non-hydrogen) atoms. The predicted octanol–water partition coefficient (Wildman–Crippen LogP) is 5.56. The highest BCUT2D eigenvalue weighted by molar-refractivity contribution is 7.13. The summed E-state index contributed by atoms with van der Waals surface area (Å²) in [4.78, 5) is 8.45. The third kappa shape index (κ3) is 4.30. The Balaban J connectivity index is 1.91. The first-order valence-corrected chi connectivity index (χ1v) is 8.98. The Labute approximate surface area is 136 Å². The molecule has 0 spiro atoms. The van der Waals surface area contributed by atoms with Gasteiger partial charge in [0.25, 0.3) is 5.19 Å². The maximum atomic E-state index is 5.86. The first kappa shape index (κ1) is 16.5. The van der Waals surface area contributed by atoms with Crippen LogP contribution in [0.3, 0.4) is 0 Å². The van der Waals surface area contributed by atoms with Crippen LogP contribution in [-0.2, 0) is 10.8 Å². The zero-order chi connectivity index (χ0) is 15.7. The molecule has 116 valence electrons. The SMILES string of the molecule is Cc1ccc(C(C)(C)CCOc2ncc(C(C)(C)C)s2)s1. The number of thiazole rings is 1. The molecular weight excluding hydrogens is 298 g/mol. The number of rotatable bonds is 5. The summed E-state index contributed by atoms with van der Waals surface area (Å²) in [5.74, 6) is 0. The van der Waals surface area contributed by atoms with E-state index >= 15 is 0 Å². The van der Waals surface area contributed by atoms with E-state index in [1.807, 2.05) is 17.5 Å². The van der Waals surface area contributed by atoms with Crippen molar-refractivity contribution < 1.29 is 4.74 Å². The minimum absolute atomic E-state index is 0.146. The number of ether oxygens (including phenoxy) is 1. The first-order chi connectivity index (χ1) is 9.68. The van der Waals surface area contributed by atoms with E-state index in [4.69, 9.17) is 4.74 Å². The third-order valence-electron chi connectivity index (χ3n) is 3.58. The van der Waals surface area contributed by atoms with Crippen LogP contribution in [0.1, 0.15) is 55.7 Å². The second-order valence-corrected chi connectivity index (χ2v) is 9.41. The highest BCUT2D eigenvalue weighted by Crippen LogP contribution is 2.34. The van der Waals surface area contributed by atoms with Crippen LogP contribution < -0.4 is 4.74 Å². The van der Waals surface area contributed by atoms with E-state index in [0.717, 1.165) is 11.6 Å².